The average Bonchev–Trinajstić information content (AvgIpc) is 3.12. The van der Waals surface area contributed by atoms with Gasteiger partial charge in [0.05, 0.1) is 0 Å². The monoisotopic (exact) mass is 229 g/mol. The van der Waals surface area contributed by atoms with Crippen LogP contribution >= 0.6 is 0 Å². The van der Waals surface area contributed by atoms with Gasteiger partial charge in [0.25, 0.3) is 0 Å². The van der Waals surface area contributed by atoms with Crippen LogP contribution in [0.15, 0.2) is 30.3 Å². The summed E-state index contributed by atoms with van der Waals surface area (Å²) in [6, 6.07) is 10.6. The van der Waals surface area contributed by atoms with E-state index in [1.165, 1.54) is 24.8 Å². The Morgan fingerprint density at radius 2 is 1.94 bits per heavy atom. The van der Waals surface area contributed by atoms with E-state index < -0.39 is 0 Å². The number of amides is 1. The largest absolute Gasteiger partial charge is 0.355 e. The van der Waals surface area contributed by atoms with Gasteiger partial charge < -0.3 is 5.32 Å². The SMILES string of the molecule is O=C(NCC1(c2ccccc2)CCC1)C1CC1. The van der Waals surface area contributed by atoms with Crippen molar-refractivity contribution in [3.05, 3.63) is 35.9 Å². The molecule has 2 fully saturated rings. The second-order valence-corrected chi connectivity index (χ2v) is 5.49. The Kier molecular flexibility index (Phi) is 2.65. The van der Waals surface area contributed by atoms with E-state index in [9.17, 15) is 4.79 Å². The van der Waals surface area contributed by atoms with E-state index in [0.717, 1.165) is 19.4 Å². The highest BCUT2D eigenvalue weighted by Crippen LogP contribution is 2.43. The maximum absolute atomic E-state index is 11.7. The number of carbonyl (C=O) groups excluding carboxylic acids is 1. The van der Waals surface area contributed by atoms with Gasteiger partial charge in [-0.15, -0.1) is 0 Å². The predicted octanol–water partition coefficient (Wildman–Crippen LogP) is 2.63. The number of benzene rings is 1. The third-order valence-electron chi connectivity index (χ3n) is 4.25. The zero-order valence-corrected chi connectivity index (χ0v) is 10.1. The molecule has 2 nitrogen and oxygen atoms in total. The molecule has 1 N–H and O–H groups in total. The molecule has 0 radical (unpaired) electrons. The molecular formula is C15H19NO. The van der Waals surface area contributed by atoms with E-state index in [-0.39, 0.29) is 11.3 Å². The van der Waals surface area contributed by atoms with Gasteiger partial charge in [0.2, 0.25) is 5.91 Å². The first-order valence-corrected chi connectivity index (χ1v) is 6.63. The van der Waals surface area contributed by atoms with Crippen molar-refractivity contribution in [1.82, 2.24) is 5.32 Å². The smallest absolute Gasteiger partial charge is 0.223 e. The van der Waals surface area contributed by atoms with Crippen LogP contribution in [0.4, 0.5) is 0 Å². The van der Waals surface area contributed by atoms with E-state index in [2.05, 4.69) is 35.6 Å². The predicted molar refractivity (Wildman–Crippen MR) is 67.7 cm³/mol. The summed E-state index contributed by atoms with van der Waals surface area (Å²) in [7, 11) is 0. The fraction of sp³-hybridized carbons (Fsp3) is 0.533. The van der Waals surface area contributed by atoms with Crippen molar-refractivity contribution in [2.24, 2.45) is 5.92 Å². The molecule has 3 rings (SSSR count). The minimum Gasteiger partial charge on any atom is -0.355 e. The van der Waals surface area contributed by atoms with Crippen LogP contribution in [-0.2, 0) is 10.2 Å². The summed E-state index contributed by atoms with van der Waals surface area (Å²) in [6.45, 7) is 0.826. The molecule has 1 aromatic carbocycles. The number of rotatable bonds is 4. The van der Waals surface area contributed by atoms with Crippen LogP contribution in [0.5, 0.6) is 0 Å². The lowest BCUT2D eigenvalue weighted by Gasteiger charge is -2.42. The molecular weight excluding hydrogens is 210 g/mol. The van der Waals surface area contributed by atoms with Crippen LogP contribution < -0.4 is 5.32 Å². The van der Waals surface area contributed by atoms with Crippen LogP contribution in [0.2, 0.25) is 0 Å². The zero-order valence-electron chi connectivity index (χ0n) is 10.1. The molecule has 17 heavy (non-hydrogen) atoms. The van der Waals surface area contributed by atoms with Crippen molar-refractivity contribution in [2.75, 3.05) is 6.54 Å². The topological polar surface area (TPSA) is 29.1 Å². The Hall–Kier alpha value is -1.31. The number of hydrogen-bond acceptors (Lipinski definition) is 1. The van der Waals surface area contributed by atoms with Gasteiger partial charge in [0.1, 0.15) is 0 Å². The molecule has 0 unspecified atom stereocenters. The maximum Gasteiger partial charge on any atom is 0.223 e. The molecule has 0 heterocycles. The molecule has 0 saturated heterocycles. The van der Waals surface area contributed by atoms with Gasteiger partial charge in [0.15, 0.2) is 0 Å². The van der Waals surface area contributed by atoms with Crippen LogP contribution in [0.3, 0.4) is 0 Å². The van der Waals surface area contributed by atoms with Crippen LogP contribution in [-0.4, -0.2) is 12.5 Å². The number of hydrogen-bond donors (Lipinski definition) is 1. The summed E-state index contributed by atoms with van der Waals surface area (Å²) in [5.74, 6) is 0.593. The molecule has 0 atom stereocenters. The maximum atomic E-state index is 11.7. The first-order chi connectivity index (χ1) is 8.30. The lowest BCUT2D eigenvalue weighted by molar-refractivity contribution is -0.122. The van der Waals surface area contributed by atoms with Gasteiger partial charge in [-0.05, 0) is 31.2 Å². The minimum absolute atomic E-state index is 0.228. The van der Waals surface area contributed by atoms with Crippen molar-refractivity contribution in [1.29, 1.82) is 0 Å². The normalized spacial score (nSPS) is 21.6. The molecule has 1 aromatic rings. The van der Waals surface area contributed by atoms with Crippen molar-refractivity contribution in [2.45, 2.75) is 37.5 Å². The van der Waals surface area contributed by atoms with E-state index in [4.69, 9.17) is 0 Å². The lowest BCUT2D eigenvalue weighted by Crippen LogP contribution is -2.45. The molecule has 0 aliphatic heterocycles. The standard InChI is InChI=1S/C15H19NO/c17-14(12-7-8-12)16-11-15(9-4-10-15)13-5-2-1-3-6-13/h1-3,5-6,12H,4,7-11H2,(H,16,17). The van der Waals surface area contributed by atoms with E-state index in [1.54, 1.807) is 0 Å². The summed E-state index contributed by atoms with van der Waals surface area (Å²) in [4.78, 5) is 11.7. The van der Waals surface area contributed by atoms with Crippen molar-refractivity contribution in [3.63, 3.8) is 0 Å². The van der Waals surface area contributed by atoms with Gasteiger partial charge in [-0.2, -0.15) is 0 Å². The highest BCUT2D eigenvalue weighted by Gasteiger charge is 2.39. The van der Waals surface area contributed by atoms with Gasteiger partial charge in [0, 0.05) is 17.9 Å². The summed E-state index contributed by atoms with van der Waals surface area (Å²) in [5.41, 5.74) is 1.62. The molecule has 1 amide bonds. The Labute approximate surface area is 102 Å². The van der Waals surface area contributed by atoms with Gasteiger partial charge in [-0.25, -0.2) is 0 Å². The number of nitrogens with one attached hydrogen (secondary N) is 1. The van der Waals surface area contributed by atoms with Crippen molar-refractivity contribution >= 4 is 5.91 Å². The van der Waals surface area contributed by atoms with Crippen molar-refractivity contribution in [3.8, 4) is 0 Å². The Morgan fingerprint density at radius 1 is 1.24 bits per heavy atom. The molecule has 90 valence electrons. The molecule has 0 bridgehead atoms. The van der Waals surface area contributed by atoms with Crippen LogP contribution in [0.1, 0.15) is 37.7 Å². The average molecular weight is 229 g/mol. The molecule has 2 aliphatic carbocycles. The quantitative estimate of drug-likeness (QED) is 0.845. The molecule has 2 heteroatoms. The van der Waals surface area contributed by atoms with Crippen molar-refractivity contribution < 1.29 is 4.79 Å². The fourth-order valence-corrected chi connectivity index (χ4v) is 2.71. The van der Waals surface area contributed by atoms with Crippen LogP contribution in [0.25, 0.3) is 0 Å². The highest BCUT2D eigenvalue weighted by atomic mass is 16.2. The lowest BCUT2D eigenvalue weighted by atomic mass is 9.64. The first kappa shape index (κ1) is 10.8. The van der Waals surface area contributed by atoms with Gasteiger partial charge >= 0.3 is 0 Å². The summed E-state index contributed by atoms with van der Waals surface area (Å²) < 4.78 is 0. The van der Waals surface area contributed by atoms with Gasteiger partial charge in [-0.3, -0.25) is 4.79 Å². The summed E-state index contributed by atoms with van der Waals surface area (Å²) in [5, 5.41) is 3.15. The van der Waals surface area contributed by atoms with E-state index in [1.807, 2.05) is 0 Å². The second-order valence-electron chi connectivity index (χ2n) is 5.49. The summed E-state index contributed by atoms with van der Waals surface area (Å²) >= 11 is 0. The number of carbonyl (C=O) groups is 1. The third-order valence-corrected chi connectivity index (χ3v) is 4.25. The van der Waals surface area contributed by atoms with Gasteiger partial charge in [-0.1, -0.05) is 36.8 Å². The minimum atomic E-state index is 0.228. The highest BCUT2D eigenvalue weighted by molar-refractivity contribution is 5.80. The molecule has 2 saturated carbocycles. The first-order valence-electron chi connectivity index (χ1n) is 6.63. The van der Waals surface area contributed by atoms with E-state index >= 15 is 0 Å². The molecule has 0 spiro atoms. The Bertz CT molecular complexity index is 404. The summed E-state index contributed by atoms with van der Waals surface area (Å²) in [6.07, 6.45) is 5.88. The third kappa shape index (κ3) is 2.08. The Morgan fingerprint density at radius 3 is 2.47 bits per heavy atom. The zero-order chi connectivity index (χ0) is 11.7. The second kappa shape index (κ2) is 4.17. The van der Waals surface area contributed by atoms with E-state index in [0.29, 0.717) is 5.92 Å². The molecule has 2 aliphatic rings. The fourth-order valence-electron chi connectivity index (χ4n) is 2.71. The van der Waals surface area contributed by atoms with Crippen LogP contribution in [0, 0.1) is 5.92 Å². The Balaban J connectivity index is 1.67. The molecule has 0 aromatic heterocycles.